The number of carbonyl (C=O) groups excluding carboxylic acids is 2. The van der Waals surface area contributed by atoms with E-state index in [1.54, 1.807) is 0 Å². The summed E-state index contributed by atoms with van der Waals surface area (Å²) in [5, 5.41) is 0. The quantitative estimate of drug-likeness (QED) is 0.0195. The number of hydrogen-bond donors (Lipinski definition) is 0. The Morgan fingerprint density at radius 1 is 0.390 bits per heavy atom. The maximum Gasteiger partial charge on any atom is 0.306 e. The summed E-state index contributed by atoms with van der Waals surface area (Å²) in [5.41, 5.74) is 0. The van der Waals surface area contributed by atoms with Crippen LogP contribution in [0.25, 0.3) is 0 Å². The van der Waals surface area contributed by atoms with Crippen LogP contribution in [0.2, 0.25) is 0 Å². The normalized spacial score (nSPS) is 13.7. The number of ether oxygens (including phenoxy) is 2. The first-order valence-electron chi connectivity index (χ1n) is 34.3. The molecular formula is C72H130NO8P. The Hall–Kier alpha value is -2.81. The van der Waals surface area contributed by atoms with Gasteiger partial charge in [-0.1, -0.05) is 292 Å². The number of quaternary nitrogens is 1. The topological polar surface area (TPSA) is 111 Å². The van der Waals surface area contributed by atoms with E-state index in [0.717, 1.165) is 96.3 Å². The Morgan fingerprint density at radius 2 is 0.695 bits per heavy atom. The van der Waals surface area contributed by atoms with Crippen molar-refractivity contribution < 1.29 is 42.1 Å². The number of rotatable bonds is 63. The SMILES string of the molecule is CC/C=C\C/C=C\C/C=C\C/C=C\C/C=C\C/C=C\CCCCCCCCC(=O)OC(COC(=O)CCCCCCCCCCCCCCCCCCCCCCC/C=C\CCCCCCCCCC)COP(=O)([O-])OCC[N+](C)(C)C. The largest absolute Gasteiger partial charge is 0.756 e. The van der Waals surface area contributed by atoms with Crippen LogP contribution in [0.4, 0.5) is 0 Å². The molecule has 0 fully saturated rings. The smallest absolute Gasteiger partial charge is 0.306 e. The zero-order valence-electron chi connectivity index (χ0n) is 54.2. The summed E-state index contributed by atoms with van der Waals surface area (Å²) in [4.78, 5) is 38.0. The highest BCUT2D eigenvalue weighted by molar-refractivity contribution is 7.45. The summed E-state index contributed by atoms with van der Waals surface area (Å²) in [6.07, 6.45) is 85.2. The molecule has 476 valence electrons. The van der Waals surface area contributed by atoms with Crippen molar-refractivity contribution >= 4 is 19.8 Å². The van der Waals surface area contributed by atoms with Crippen LogP contribution in [0, 0.1) is 0 Å². The lowest BCUT2D eigenvalue weighted by molar-refractivity contribution is -0.870. The van der Waals surface area contributed by atoms with E-state index >= 15 is 0 Å². The molecule has 0 radical (unpaired) electrons. The number of esters is 2. The molecule has 2 atom stereocenters. The molecule has 0 aromatic heterocycles. The van der Waals surface area contributed by atoms with Crippen molar-refractivity contribution in [2.45, 2.75) is 315 Å². The maximum absolute atomic E-state index is 12.8. The second kappa shape index (κ2) is 62.7. The molecule has 0 saturated heterocycles. The molecular weight excluding hydrogens is 1040 g/mol. The van der Waals surface area contributed by atoms with E-state index in [4.69, 9.17) is 18.5 Å². The molecule has 0 saturated carbocycles. The minimum Gasteiger partial charge on any atom is -0.756 e. The number of hydrogen-bond acceptors (Lipinski definition) is 8. The number of allylic oxidation sites excluding steroid dienone is 14. The van der Waals surface area contributed by atoms with Crippen molar-refractivity contribution in [1.82, 2.24) is 0 Å². The van der Waals surface area contributed by atoms with Gasteiger partial charge in [0.25, 0.3) is 7.82 Å². The van der Waals surface area contributed by atoms with Crippen LogP contribution in [0.15, 0.2) is 85.1 Å². The van der Waals surface area contributed by atoms with E-state index in [1.807, 2.05) is 21.1 Å². The highest BCUT2D eigenvalue weighted by Crippen LogP contribution is 2.38. The molecule has 0 amide bonds. The summed E-state index contributed by atoms with van der Waals surface area (Å²) in [7, 11) is 1.16. The molecule has 0 spiro atoms. The Bertz CT molecular complexity index is 1660. The predicted octanol–water partition coefficient (Wildman–Crippen LogP) is 21.5. The van der Waals surface area contributed by atoms with Crippen LogP contribution in [0.5, 0.6) is 0 Å². The average Bonchev–Trinajstić information content (AvgIpc) is 3.46. The fraction of sp³-hybridized carbons (Fsp3) is 0.778. The van der Waals surface area contributed by atoms with Crippen molar-refractivity contribution in [1.29, 1.82) is 0 Å². The monoisotopic (exact) mass is 1170 g/mol. The zero-order valence-corrected chi connectivity index (χ0v) is 55.1. The molecule has 9 nitrogen and oxygen atoms in total. The molecule has 0 N–H and O–H groups in total. The second-order valence-corrected chi connectivity index (χ2v) is 25.6. The molecule has 0 bridgehead atoms. The molecule has 0 aromatic carbocycles. The summed E-state index contributed by atoms with van der Waals surface area (Å²) in [5.74, 6) is -0.843. The first-order valence-corrected chi connectivity index (χ1v) is 35.8. The third-order valence-electron chi connectivity index (χ3n) is 14.9. The van der Waals surface area contributed by atoms with Gasteiger partial charge in [0, 0.05) is 12.8 Å². The standard InChI is InChI=1S/C72H130NO8P/c1-6-8-10-12-14-16-18-20-22-24-26-28-30-32-33-34-35-36-37-38-39-41-42-44-46-48-50-52-54-56-58-60-62-64-71(74)78-68-70(69-80-82(76,77)79-67-66-73(3,4)5)81-72(75)65-63-61-59-57-55-53-51-49-47-45-43-40-31-29-27-25-23-21-19-17-15-13-11-9-7-2/h9,11,15,17,21,23-24,26-27,29,40,43,47,49,70H,6-8,10,12-14,16,18-20,22,25,28,30-39,41-42,44-46,48,50-69H2,1-5H3/b11-9-,17-15-,23-21-,26-24-,29-27-,43-40-,49-47-. The van der Waals surface area contributed by atoms with Crippen molar-refractivity contribution in [2.24, 2.45) is 0 Å². The lowest BCUT2D eigenvalue weighted by Crippen LogP contribution is -2.37. The Labute approximate surface area is 507 Å². The molecule has 0 aromatic rings. The first kappa shape index (κ1) is 79.2. The summed E-state index contributed by atoms with van der Waals surface area (Å²) < 4.78 is 34.3. The minimum atomic E-state index is -4.65. The number of unbranched alkanes of at least 4 members (excludes halogenated alkanes) is 35. The highest BCUT2D eigenvalue weighted by Gasteiger charge is 2.22. The van der Waals surface area contributed by atoms with Crippen molar-refractivity contribution in [3.05, 3.63) is 85.1 Å². The number of phosphoric acid groups is 1. The lowest BCUT2D eigenvalue weighted by Gasteiger charge is -2.28. The fourth-order valence-corrected chi connectivity index (χ4v) is 10.4. The second-order valence-electron chi connectivity index (χ2n) is 24.2. The number of nitrogens with zero attached hydrogens (tertiary/aromatic N) is 1. The van der Waals surface area contributed by atoms with Crippen molar-refractivity contribution in [3.8, 4) is 0 Å². The summed E-state index contributed by atoms with van der Waals surface area (Å²) in [6.45, 7) is 4.14. The van der Waals surface area contributed by atoms with E-state index in [2.05, 4.69) is 98.9 Å². The van der Waals surface area contributed by atoms with Crippen molar-refractivity contribution in [3.63, 3.8) is 0 Å². The Balaban J connectivity index is 4.05. The number of phosphoric ester groups is 1. The van der Waals surface area contributed by atoms with E-state index < -0.39 is 26.5 Å². The maximum atomic E-state index is 12.8. The zero-order chi connectivity index (χ0) is 59.8. The van der Waals surface area contributed by atoms with Gasteiger partial charge in [-0.2, -0.15) is 0 Å². The molecule has 2 unspecified atom stereocenters. The van der Waals surface area contributed by atoms with Gasteiger partial charge in [-0.15, -0.1) is 0 Å². The Morgan fingerprint density at radius 3 is 1.05 bits per heavy atom. The molecule has 0 heterocycles. The Kier molecular flexibility index (Phi) is 60.6. The van der Waals surface area contributed by atoms with Crippen molar-refractivity contribution in [2.75, 3.05) is 47.5 Å². The van der Waals surface area contributed by atoms with Crippen LogP contribution in [-0.4, -0.2) is 70.0 Å². The van der Waals surface area contributed by atoms with Gasteiger partial charge in [0.05, 0.1) is 27.7 Å². The van der Waals surface area contributed by atoms with Gasteiger partial charge in [-0.25, -0.2) is 0 Å². The van der Waals surface area contributed by atoms with Crippen LogP contribution in [0.1, 0.15) is 309 Å². The molecule has 10 heteroatoms. The molecule has 0 aliphatic carbocycles. The summed E-state index contributed by atoms with van der Waals surface area (Å²) in [6, 6.07) is 0. The molecule has 82 heavy (non-hydrogen) atoms. The van der Waals surface area contributed by atoms with E-state index in [9.17, 15) is 19.0 Å². The van der Waals surface area contributed by atoms with Gasteiger partial charge in [-0.3, -0.25) is 14.2 Å². The highest BCUT2D eigenvalue weighted by atomic mass is 31.2. The van der Waals surface area contributed by atoms with E-state index in [0.29, 0.717) is 17.4 Å². The van der Waals surface area contributed by atoms with Crippen LogP contribution in [-0.2, 0) is 32.7 Å². The van der Waals surface area contributed by atoms with Gasteiger partial charge >= 0.3 is 11.9 Å². The molecule has 0 rings (SSSR count). The third kappa shape index (κ3) is 66.3. The number of carbonyl (C=O) groups is 2. The lowest BCUT2D eigenvalue weighted by atomic mass is 10.0. The first-order chi connectivity index (χ1) is 40.0. The predicted molar refractivity (Wildman–Crippen MR) is 351 cm³/mol. The van der Waals surface area contributed by atoms with Crippen LogP contribution in [0.3, 0.4) is 0 Å². The van der Waals surface area contributed by atoms with Crippen LogP contribution < -0.4 is 4.89 Å². The van der Waals surface area contributed by atoms with E-state index in [1.165, 1.54) is 180 Å². The van der Waals surface area contributed by atoms with Gasteiger partial charge in [-0.05, 0) is 89.9 Å². The van der Waals surface area contributed by atoms with Gasteiger partial charge in [0.15, 0.2) is 6.10 Å². The number of likely N-dealkylation sites (N-methyl/N-ethyl adjacent to an activating group) is 1. The van der Waals surface area contributed by atoms with Gasteiger partial charge in [0.2, 0.25) is 0 Å². The third-order valence-corrected chi connectivity index (χ3v) is 15.9. The van der Waals surface area contributed by atoms with E-state index in [-0.39, 0.29) is 32.0 Å². The average molecular weight is 1170 g/mol. The summed E-state index contributed by atoms with van der Waals surface area (Å²) >= 11 is 0. The molecule has 0 aliphatic rings. The van der Waals surface area contributed by atoms with Gasteiger partial charge in [0.1, 0.15) is 19.8 Å². The minimum absolute atomic E-state index is 0.0366. The molecule has 0 aliphatic heterocycles. The van der Waals surface area contributed by atoms with Crippen LogP contribution >= 0.6 is 7.82 Å². The fourth-order valence-electron chi connectivity index (χ4n) is 9.66. The van der Waals surface area contributed by atoms with Gasteiger partial charge < -0.3 is 27.9 Å².